The van der Waals surface area contributed by atoms with Crippen LogP contribution in [0.2, 0.25) is 5.02 Å². The number of ketones is 1. The fraction of sp³-hybridized carbons (Fsp3) is 0.444. The summed E-state index contributed by atoms with van der Waals surface area (Å²) in [6, 6.07) is 3.86. The number of Topliss-reactive ketones (excluding diaryl/α,β-unsaturated/α-hetero) is 1. The van der Waals surface area contributed by atoms with Crippen LogP contribution in [-0.4, -0.2) is 36.4 Å². The van der Waals surface area contributed by atoms with Crippen molar-refractivity contribution in [3.8, 4) is 5.75 Å². The van der Waals surface area contributed by atoms with Gasteiger partial charge in [0.05, 0.1) is 24.8 Å². The van der Waals surface area contributed by atoms with E-state index in [1.54, 1.807) is 20.2 Å². The van der Waals surface area contributed by atoms with E-state index in [2.05, 4.69) is 11.8 Å². The van der Waals surface area contributed by atoms with Gasteiger partial charge in [0, 0.05) is 18.7 Å². The van der Waals surface area contributed by atoms with Crippen molar-refractivity contribution in [1.82, 2.24) is 4.90 Å². The van der Waals surface area contributed by atoms with Crippen LogP contribution in [0.1, 0.15) is 37.4 Å². The number of rotatable bonds is 3. The first-order chi connectivity index (χ1) is 11.5. The molecule has 0 spiro atoms. The maximum absolute atomic E-state index is 12.4. The smallest absolute Gasteiger partial charge is 0.343 e. The maximum Gasteiger partial charge on any atom is 0.343 e. The summed E-state index contributed by atoms with van der Waals surface area (Å²) in [7, 11) is 1.59. The third-order valence-corrected chi connectivity index (χ3v) is 4.90. The molecule has 6 heteroatoms. The predicted molar refractivity (Wildman–Crippen MR) is 90.1 cm³/mol. The van der Waals surface area contributed by atoms with Crippen molar-refractivity contribution in [3.05, 3.63) is 40.1 Å². The summed E-state index contributed by atoms with van der Waals surface area (Å²) in [5.41, 5.74) is 2.28. The molecule has 0 aromatic heterocycles. The number of fused-ring (bicyclic) bond motifs is 3. The van der Waals surface area contributed by atoms with Gasteiger partial charge in [-0.05, 0) is 43.5 Å². The second kappa shape index (κ2) is 6.48. The number of benzene rings is 1. The summed E-state index contributed by atoms with van der Waals surface area (Å²) in [6.07, 6.45) is 2.69. The molecular formula is C18H20ClNO4. The molecule has 5 nitrogen and oxygen atoms in total. The van der Waals surface area contributed by atoms with Crippen molar-refractivity contribution < 1.29 is 19.1 Å². The van der Waals surface area contributed by atoms with Gasteiger partial charge in [-0.25, -0.2) is 4.79 Å². The van der Waals surface area contributed by atoms with Crippen molar-refractivity contribution in [1.29, 1.82) is 0 Å². The van der Waals surface area contributed by atoms with Crippen LogP contribution in [0, 0.1) is 0 Å². The minimum absolute atomic E-state index is 0.113. The zero-order chi connectivity index (χ0) is 17.4. The lowest BCUT2D eigenvalue weighted by atomic mass is 9.83. The van der Waals surface area contributed by atoms with E-state index in [0.29, 0.717) is 10.8 Å². The molecule has 0 aliphatic carbocycles. The van der Waals surface area contributed by atoms with E-state index in [1.165, 1.54) is 0 Å². The topological polar surface area (TPSA) is 55.8 Å². The number of carbonyl (C=O) groups excluding carboxylic acids is 2. The molecule has 0 saturated heterocycles. The van der Waals surface area contributed by atoms with Crippen LogP contribution in [-0.2, 0) is 20.7 Å². The average molecular weight is 350 g/mol. The van der Waals surface area contributed by atoms with Crippen LogP contribution in [0.4, 0.5) is 0 Å². The molecule has 2 heterocycles. The van der Waals surface area contributed by atoms with Gasteiger partial charge in [0.2, 0.25) is 0 Å². The Labute approximate surface area is 146 Å². The quantitative estimate of drug-likeness (QED) is 0.620. The fourth-order valence-electron chi connectivity index (χ4n) is 3.46. The molecule has 0 amide bonds. The zero-order valence-electron chi connectivity index (χ0n) is 14.0. The van der Waals surface area contributed by atoms with Gasteiger partial charge in [-0.2, -0.15) is 0 Å². The van der Waals surface area contributed by atoms with Crippen LogP contribution in [0.25, 0.3) is 0 Å². The predicted octanol–water partition coefficient (Wildman–Crippen LogP) is 3.06. The second-order valence-corrected chi connectivity index (χ2v) is 6.50. The van der Waals surface area contributed by atoms with Gasteiger partial charge in [-0.15, -0.1) is 0 Å². The standard InChI is InChI=1S/C18H20ClNO4/c1-4-24-18(22)13-9-20-10(2)5-11-6-17(23-3)14(19)7-12(11)15(20)8-16(13)21/h6-7,9-10,15H,4-5,8H2,1-3H3. The maximum atomic E-state index is 12.4. The molecule has 0 bridgehead atoms. The van der Waals surface area contributed by atoms with Crippen molar-refractivity contribution in [2.45, 2.75) is 38.8 Å². The molecular weight excluding hydrogens is 330 g/mol. The minimum atomic E-state index is -0.549. The molecule has 128 valence electrons. The van der Waals surface area contributed by atoms with Crippen molar-refractivity contribution in [3.63, 3.8) is 0 Å². The highest BCUT2D eigenvalue weighted by molar-refractivity contribution is 6.32. The van der Waals surface area contributed by atoms with Gasteiger partial charge in [0.15, 0.2) is 5.78 Å². The first kappa shape index (κ1) is 16.8. The largest absolute Gasteiger partial charge is 0.495 e. The molecule has 0 radical (unpaired) electrons. The van der Waals surface area contributed by atoms with E-state index >= 15 is 0 Å². The van der Waals surface area contributed by atoms with Gasteiger partial charge < -0.3 is 14.4 Å². The van der Waals surface area contributed by atoms with Crippen LogP contribution in [0.15, 0.2) is 23.9 Å². The number of carbonyl (C=O) groups is 2. The Morgan fingerprint density at radius 3 is 2.79 bits per heavy atom. The average Bonchev–Trinajstić information content (AvgIpc) is 2.55. The van der Waals surface area contributed by atoms with Crippen LogP contribution >= 0.6 is 11.6 Å². The molecule has 2 aliphatic heterocycles. The lowest BCUT2D eigenvalue weighted by molar-refractivity contribution is -0.140. The molecule has 1 aromatic carbocycles. The third kappa shape index (κ3) is 2.77. The number of hydrogen-bond donors (Lipinski definition) is 0. The zero-order valence-corrected chi connectivity index (χ0v) is 14.7. The number of nitrogens with zero attached hydrogens (tertiary/aromatic N) is 1. The van der Waals surface area contributed by atoms with Crippen molar-refractivity contribution in [2.24, 2.45) is 0 Å². The van der Waals surface area contributed by atoms with E-state index in [-0.39, 0.29) is 36.5 Å². The van der Waals surface area contributed by atoms with E-state index in [9.17, 15) is 9.59 Å². The van der Waals surface area contributed by atoms with E-state index < -0.39 is 5.97 Å². The Bertz CT molecular complexity index is 728. The molecule has 1 aromatic rings. The summed E-state index contributed by atoms with van der Waals surface area (Å²) in [4.78, 5) is 26.5. The van der Waals surface area contributed by atoms with E-state index in [0.717, 1.165) is 17.5 Å². The summed E-state index contributed by atoms with van der Waals surface area (Å²) >= 11 is 6.27. The first-order valence-corrected chi connectivity index (χ1v) is 8.40. The Morgan fingerprint density at radius 2 is 2.12 bits per heavy atom. The Balaban J connectivity index is 2.02. The monoisotopic (exact) mass is 349 g/mol. The highest BCUT2D eigenvalue weighted by atomic mass is 35.5. The second-order valence-electron chi connectivity index (χ2n) is 6.09. The van der Waals surface area contributed by atoms with Crippen molar-refractivity contribution >= 4 is 23.4 Å². The van der Waals surface area contributed by atoms with E-state index in [4.69, 9.17) is 21.1 Å². The summed E-state index contributed by atoms with van der Waals surface area (Å²) < 4.78 is 10.3. The molecule has 24 heavy (non-hydrogen) atoms. The van der Waals surface area contributed by atoms with Gasteiger partial charge in [-0.1, -0.05) is 11.6 Å². The van der Waals surface area contributed by atoms with Crippen LogP contribution in [0.5, 0.6) is 5.75 Å². The Hall–Kier alpha value is -2.01. The SMILES string of the molecule is CCOC(=O)C1=CN2C(C)Cc3cc(OC)c(Cl)cc3C2CC1=O. The molecule has 0 fully saturated rings. The highest BCUT2D eigenvalue weighted by Gasteiger charge is 2.38. The number of methoxy groups -OCH3 is 1. The molecule has 2 aliphatic rings. The van der Waals surface area contributed by atoms with E-state index in [1.807, 2.05) is 12.1 Å². The molecule has 2 unspecified atom stereocenters. The van der Waals surface area contributed by atoms with Gasteiger partial charge in [-0.3, -0.25) is 4.79 Å². The minimum Gasteiger partial charge on any atom is -0.495 e. The number of ether oxygens (including phenoxy) is 2. The van der Waals surface area contributed by atoms with Crippen LogP contribution < -0.4 is 4.74 Å². The first-order valence-electron chi connectivity index (χ1n) is 8.02. The Morgan fingerprint density at radius 1 is 1.38 bits per heavy atom. The van der Waals surface area contributed by atoms with Gasteiger partial charge in [0.1, 0.15) is 11.3 Å². The highest BCUT2D eigenvalue weighted by Crippen LogP contribution is 2.42. The number of hydrogen-bond acceptors (Lipinski definition) is 5. The van der Waals surface area contributed by atoms with Crippen LogP contribution in [0.3, 0.4) is 0 Å². The third-order valence-electron chi connectivity index (χ3n) is 4.61. The van der Waals surface area contributed by atoms with Crippen molar-refractivity contribution in [2.75, 3.05) is 13.7 Å². The number of halogens is 1. The summed E-state index contributed by atoms with van der Waals surface area (Å²) in [5, 5.41) is 0.526. The van der Waals surface area contributed by atoms with Gasteiger partial charge in [0.25, 0.3) is 0 Å². The fourth-order valence-corrected chi connectivity index (χ4v) is 3.71. The molecule has 3 rings (SSSR count). The lowest BCUT2D eigenvalue weighted by Gasteiger charge is -2.43. The lowest BCUT2D eigenvalue weighted by Crippen LogP contribution is -2.43. The molecule has 0 saturated carbocycles. The molecule has 2 atom stereocenters. The Kier molecular flexibility index (Phi) is 4.54. The normalized spacial score (nSPS) is 22.4. The summed E-state index contributed by atoms with van der Waals surface area (Å²) in [5.74, 6) is -0.102. The van der Waals surface area contributed by atoms with Gasteiger partial charge >= 0.3 is 5.97 Å². The molecule has 0 N–H and O–H groups in total. The summed E-state index contributed by atoms with van der Waals surface area (Å²) in [6.45, 7) is 4.05. The number of esters is 1.